The summed E-state index contributed by atoms with van der Waals surface area (Å²) in [6, 6.07) is 0. The summed E-state index contributed by atoms with van der Waals surface area (Å²) in [6.45, 7) is 3.12. The van der Waals surface area contributed by atoms with Gasteiger partial charge in [-0.2, -0.15) is 0 Å². The van der Waals surface area contributed by atoms with Crippen LogP contribution in [0, 0.1) is 11.8 Å². The third kappa shape index (κ3) is 8.10. The number of aliphatic imine (C=N–C) groups is 1. The molecule has 5 atom stereocenters. The van der Waals surface area contributed by atoms with E-state index in [1.54, 1.807) is 0 Å². The highest BCUT2D eigenvalue weighted by Gasteiger charge is 2.39. The molecule has 2 aliphatic rings. The van der Waals surface area contributed by atoms with Crippen molar-refractivity contribution < 1.29 is 15.3 Å². The molecule has 0 aromatic heterocycles. The zero-order valence-corrected chi connectivity index (χ0v) is 17.5. The molecule has 0 bridgehead atoms. The Bertz CT molecular complexity index is 506. The summed E-state index contributed by atoms with van der Waals surface area (Å²) in [4.78, 5) is 4.47. The summed E-state index contributed by atoms with van der Waals surface area (Å²) in [5.41, 5.74) is 0. The van der Waals surface area contributed by atoms with E-state index in [2.05, 4.69) is 24.1 Å². The Balaban J connectivity index is 1.74. The highest BCUT2D eigenvalue weighted by atomic mass is 32.2. The van der Waals surface area contributed by atoms with Crippen molar-refractivity contribution in [1.29, 1.82) is 0 Å². The van der Waals surface area contributed by atoms with Crippen LogP contribution in [-0.4, -0.2) is 51.0 Å². The molecule has 0 radical (unpaired) electrons. The van der Waals surface area contributed by atoms with Gasteiger partial charge < -0.3 is 15.3 Å². The molecule has 0 aromatic carbocycles. The number of rotatable bonds is 12. The van der Waals surface area contributed by atoms with Gasteiger partial charge in [0.15, 0.2) is 0 Å². The van der Waals surface area contributed by atoms with Gasteiger partial charge in [-0.15, -0.1) is 11.8 Å². The number of aliphatic hydroxyl groups excluding tert-OH is 3. The van der Waals surface area contributed by atoms with Gasteiger partial charge in [0, 0.05) is 24.6 Å². The van der Waals surface area contributed by atoms with Crippen LogP contribution in [0.2, 0.25) is 0 Å². The molecule has 0 saturated heterocycles. The molecule has 0 spiro atoms. The first-order valence-corrected chi connectivity index (χ1v) is 11.6. The second-order valence-electron chi connectivity index (χ2n) is 7.78. The Kier molecular flexibility index (Phi) is 10.7. The predicted octanol–water partition coefficient (Wildman–Crippen LogP) is 4.10. The molecule has 1 aliphatic carbocycles. The lowest BCUT2D eigenvalue weighted by atomic mass is 9.89. The fourth-order valence-electron chi connectivity index (χ4n) is 3.94. The Morgan fingerprint density at radius 2 is 2.04 bits per heavy atom. The standard InChI is InChI=1S/C22H37NO3S/c1-2-3-6-9-17(24)12-13-19-18(20(25)16-21(19)26)10-7-4-5-8-11-22-23-14-15-27-22/h4,7,12-13,17-21,24-26H,2-3,5-6,8-11,14-16H2,1H3/t17-,18+,19+,20-,21+/m0/s1. The lowest BCUT2D eigenvalue weighted by Gasteiger charge is -2.19. The van der Waals surface area contributed by atoms with Crippen LogP contribution in [0.15, 0.2) is 29.3 Å². The highest BCUT2D eigenvalue weighted by molar-refractivity contribution is 8.14. The van der Waals surface area contributed by atoms with Crippen molar-refractivity contribution in [2.24, 2.45) is 16.8 Å². The van der Waals surface area contributed by atoms with Crippen LogP contribution in [0.4, 0.5) is 0 Å². The Morgan fingerprint density at radius 1 is 1.19 bits per heavy atom. The smallest absolute Gasteiger partial charge is 0.0721 e. The number of hydrogen-bond donors (Lipinski definition) is 3. The minimum absolute atomic E-state index is 0.0325. The lowest BCUT2D eigenvalue weighted by Crippen LogP contribution is -2.20. The zero-order chi connectivity index (χ0) is 19.5. The Hall–Kier alpha value is -0.620. The first-order chi connectivity index (χ1) is 13.1. The van der Waals surface area contributed by atoms with Gasteiger partial charge in [0.05, 0.1) is 23.4 Å². The fourth-order valence-corrected chi connectivity index (χ4v) is 4.83. The second kappa shape index (κ2) is 12.8. The van der Waals surface area contributed by atoms with Crippen molar-refractivity contribution in [2.75, 3.05) is 12.3 Å². The van der Waals surface area contributed by atoms with Gasteiger partial charge in [-0.25, -0.2) is 0 Å². The summed E-state index contributed by atoms with van der Waals surface area (Å²) in [5.74, 6) is 1.09. The summed E-state index contributed by atoms with van der Waals surface area (Å²) < 4.78 is 0. The maximum atomic E-state index is 10.3. The quantitative estimate of drug-likeness (QED) is 0.343. The van der Waals surface area contributed by atoms with E-state index in [-0.39, 0.29) is 11.8 Å². The van der Waals surface area contributed by atoms with E-state index in [1.165, 1.54) is 5.04 Å². The monoisotopic (exact) mass is 395 g/mol. The predicted molar refractivity (Wildman–Crippen MR) is 115 cm³/mol. The number of hydrogen-bond acceptors (Lipinski definition) is 5. The maximum Gasteiger partial charge on any atom is 0.0721 e. The molecule has 27 heavy (non-hydrogen) atoms. The molecule has 0 aromatic rings. The number of aliphatic hydroxyl groups is 3. The first-order valence-electron chi connectivity index (χ1n) is 10.7. The molecule has 0 unspecified atom stereocenters. The van der Waals surface area contributed by atoms with Crippen LogP contribution < -0.4 is 0 Å². The summed E-state index contributed by atoms with van der Waals surface area (Å²) in [7, 11) is 0. The van der Waals surface area contributed by atoms with Crippen molar-refractivity contribution in [3.8, 4) is 0 Å². The highest BCUT2D eigenvalue weighted by Crippen LogP contribution is 2.36. The lowest BCUT2D eigenvalue weighted by molar-refractivity contribution is 0.120. The van der Waals surface area contributed by atoms with Crippen molar-refractivity contribution in [2.45, 2.75) is 83.0 Å². The first kappa shape index (κ1) is 22.7. The second-order valence-corrected chi connectivity index (χ2v) is 8.95. The molecular weight excluding hydrogens is 358 g/mol. The van der Waals surface area contributed by atoms with E-state index < -0.39 is 18.3 Å². The Labute approximate surface area is 168 Å². The summed E-state index contributed by atoms with van der Waals surface area (Å²) >= 11 is 1.88. The topological polar surface area (TPSA) is 73.1 Å². The maximum absolute atomic E-state index is 10.3. The normalized spacial score (nSPS) is 29.9. The largest absolute Gasteiger partial charge is 0.393 e. The third-order valence-electron chi connectivity index (χ3n) is 5.56. The van der Waals surface area contributed by atoms with Crippen molar-refractivity contribution in [3.05, 3.63) is 24.3 Å². The molecule has 1 heterocycles. The van der Waals surface area contributed by atoms with Crippen molar-refractivity contribution in [3.63, 3.8) is 0 Å². The average Bonchev–Trinajstić information content (AvgIpc) is 3.24. The van der Waals surface area contributed by atoms with Crippen LogP contribution in [-0.2, 0) is 0 Å². The Morgan fingerprint density at radius 3 is 2.78 bits per heavy atom. The van der Waals surface area contributed by atoms with E-state index in [9.17, 15) is 15.3 Å². The van der Waals surface area contributed by atoms with Gasteiger partial charge in [-0.1, -0.05) is 50.5 Å². The molecule has 1 fully saturated rings. The van der Waals surface area contributed by atoms with Gasteiger partial charge in [0.2, 0.25) is 0 Å². The molecule has 1 saturated carbocycles. The molecule has 4 nitrogen and oxygen atoms in total. The van der Waals surface area contributed by atoms with Crippen molar-refractivity contribution >= 4 is 16.8 Å². The van der Waals surface area contributed by atoms with E-state index in [4.69, 9.17) is 0 Å². The van der Waals surface area contributed by atoms with E-state index in [0.717, 1.165) is 63.7 Å². The van der Waals surface area contributed by atoms with E-state index in [1.807, 2.05) is 23.9 Å². The molecule has 2 rings (SSSR count). The molecule has 3 N–H and O–H groups in total. The SMILES string of the molecule is CCCCC[C@H](O)C=C[C@@H]1[C@@H](CC=CCCCC2=NCCS2)[C@@H](O)C[C@H]1O. The zero-order valence-electron chi connectivity index (χ0n) is 16.7. The third-order valence-corrected chi connectivity index (χ3v) is 6.61. The number of nitrogens with zero attached hydrogens (tertiary/aromatic N) is 1. The summed E-state index contributed by atoms with van der Waals surface area (Å²) in [5, 5.41) is 32.0. The van der Waals surface area contributed by atoms with E-state index >= 15 is 0 Å². The van der Waals surface area contributed by atoms with Crippen LogP contribution in [0.25, 0.3) is 0 Å². The minimum Gasteiger partial charge on any atom is -0.393 e. The van der Waals surface area contributed by atoms with Crippen molar-refractivity contribution in [1.82, 2.24) is 0 Å². The number of unbranched alkanes of at least 4 members (excludes halogenated alkanes) is 3. The van der Waals surface area contributed by atoms with Gasteiger partial charge in [0.1, 0.15) is 0 Å². The molecular formula is C22H37NO3S. The van der Waals surface area contributed by atoms with E-state index in [0.29, 0.717) is 6.42 Å². The van der Waals surface area contributed by atoms with Gasteiger partial charge in [0.25, 0.3) is 0 Å². The molecule has 1 aliphatic heterocycles. The molecule has 0 amide bonds. The van der Waals surface area contributed by atoms with Crippen LogP contribution in [0.5, 0.6) is 0 Å². The van der Waals surface area contributed by atoms with Crippen LogP contribution in [0.3, 0.4) is 0 Å². The fraction of sp³-hybridized carbons (Fsp3) is 0.773. The number of allylic oxidation sites excluding steroid dienone is 2. The number of thioether (sulfide) groups is 1. The van der Waals surface area contributed by atoms with Crippen LogP contribution in [0.1, 0.15) is 64.7 Å². The molecule has 5 heteroatoms. The molecule has 154 valence electrons. The van der Waals surface area contributed by atoms with Gasteiger partial charge >= 0.3 is 0 Å². The summed E-state index contributed by atoms with van der Waals surface area (Å²) in [6.07, 6.45) is 15.1. The minimum atomic E-state index is -0.519. The van der Waals surface area contributed by atoms with Gasteiger partial charge in [-0.05, 0) is 38.0 Å². The van der Waals surface area contributed by atoms with Gasteiger partial charge in [-0.3, -0.25) is 4.99 Å². The van der Waals surface area contributed by atoms with Crippen LogP contribution >= 0.6 is 11.8 Å². The average molecular weight is 396 g/mol.